The summed E-state index contributed by atoms with van der Waals surface area (Å²) in [5.41, 5.74) is 4.94. The van der Waals surface area contributed by atoms with E-state index in [0.717, 1.165) is 33.7 Å². The highest BCUT2D eigenvalue weighted by molar-refractivity contribution is 7.99. The van der Waals surface area contributed by atoms with Gasteiger partial charge in [0.25, 0.3) is 0 Å². The summed E-state index contributed by atoms with van der Waals surface area (Å²) in [5, 5.41) is 15.2. The molecule has 0 unspecified atom stereocenters. The molecule has 3 rings (SSSR count). The first-order valence-electron chi connectivity index (χ1n) is 11.7. The van der Waals surface area contributed by atoms with Gasteiger partial charge >= 0.3 is 0 Å². The van der Waals surface area contributed by atoms with E-state index in [2.05, 4.69) is 27.4 Å². The third-order valence-electron chi connectivity index (χ3n) is 5.62. The third kappa shape index (κ3) is 6.97. The predicted octanol–water partition coefficient (Wildman–Crippen LogP) is 4.55. The molecule has 190 valence electrons. The van der Waals surface area contributed by atoms with Crippen LogP contribution in [0.15, 0.2) is 54.2 Å². The summed E-state index contributed by atoms with van der Waals surface area (Å²) in [6, 6.07) is 11.1. The molecular weight excluding hydrogens is 474 g/mol. The number of carbonyl (C=O) groups excluding carboxylic acids is 2. The lowest BCUT2D eigenvalue weighted by atomic mass is 10.1. The first-order chi connectivity index (χ1) is 17.2. The van der Waals surface area contributed by atoms with Crippen LogP contribution in [0.5, 0.6) is 5.75 Å². The number of methoxy groups -OCH3 is 1. The van der Waals surface area contributed by atoms with E-state index < -0.39 is 0 Å². The third-order valence-corrected chi connectivity index (χ3v) is 6.59. The molecule has 2 N–H and O–H groups in total. The molecule has 0 bridgehead atoms. The zero-order valence-electron chi connectivity index (χ0n) is 21.4. The molecule has 0 radical (unpaired) electrons. The fraction of sp³-hybridized carbons (Fsp3) is 0.333. The van der Waals surface area contributed by atoms with Crippen LogP contribution in [0.3, 0.4) is 0 Å². The second-order valence-electron chi connectivity index (χ2n) is 8.66. The summed E-state index contributed by atoms with van der Waals surface area (Å²) in [5.74, 6) is 1.28. The summed E-state index contributed by atoms with van der Waals surface area (Å²) < 4.78 is 7.03. The Morgan fingerprint density at radius 1 is 1.11 bits per heavy atom. The highest BCUT2D eigenvalue weighted by Crippen LogP contribution is 2.24. The number of ether oxygens (including phenoxy) is 1. The van der Waals surface area contributed by atoms with E-state index in [9.17, 15) is 9.59 Å². The number of hydrogen-bond acceptors (Lipinski definition) is 6. The predicted molar refractivity (Wildman–Crippen MR) is 143 cm³/mol. The molecule has 0 saturated heterocycles. The molecule has 0 saturated carbocycles. The van der Waals surface area contributed by atoms with Crippen LogP contribution in [0, 0.1) is 20.8 Å². The van der Waals surface area contributed by atoms with Crippen LogP contribution < -0.4 is 15.4 Å². The van der Waals surface area contributed by atoms with Gasteiger partial charge in [0.2, 0.25) is 11.8 Å². The minimum Gasteiger partial charge on any atom is -0.497 e. The standard InChI is InChI=1S/C27H33N5O3S/c1-7-12-32-26(20(5)28-23(33)15-21-8-10-22(35-6)11-9-21)30-31-27(32)36-16-24(34)29-25-18(3)13-17(2)14-19(25)4/h7-11,13-14,20H,1,12,15-16H2,2-6H3,(H,28,33)(H,29,34)/t20-/m0/s1. The number of aromatic nitrogens is 3. The molecule has 1 aromatic heterocycles. The van der Waals surface area contributed by atoms with Gasteiger partial charge < -0.3 is 19.9 Å². The monoisotopic (exact) mass is 507 g/mol. The highest BCUT2D eigenvalue weighted by Gasteiger charge is 2.20. The fourth-order valence-corrected chi connectivity index (χ4v) is 4.75. The number of allylic oxidation sites excluding steroid dienone is 1. The number of aryl methyl sites for hydroxylation is 3. The Balaban J connectivity index is 1.63. The average molecular weight is 508 g/mol. The van der Waals surface area contributed by atoms with Gasteiger partial charge in [0.1, 0.15) is 5.75 Å². The van der Waals surface area contributed by atoms with Gasteiger partial charge in [0, 0.05) is 12.2 Å². The van der Waals surface area contributed by atoms with Crippen LogP contribution in [0.4, 0.5) is 5.69 Å². The van der Waals surface area contributed by atoms with Crippen LogP contribution in [0.25, 0.3) is 0 Å². The van der Waals surface area contributed by atoms with Crippen molar-refractivity contribution in [2.24, 2.45) is 0 Å². The van der Waals surface area contributed by atoms with Gasteiger partial charge in [-0.25, -0.2) is 0 Å². The van der Waals surface area contributed by atoms with E-state index in [1.54, 1.807) is 13.2 Å². The molecule has 1 atom stereocenters. The fourth-order valence-electron chi connectivity index (χ4n) is 4.00. The number of amides is 2. The minimum atomic E-state index is -0.371. The Morgan fingerprint density at radius 3 is 2.39 bits per heavy atom. The molecule has 0 spiro atoms. The van der Waals surface area contributed by atoms with Crippen LogP contribution in [-0.2, 0) is 22.6 Å². The van der Waals surface area contributed by atoms with E-state index >= 15 is 0 Å². The molecule has 8 nitrogen and oxygen atoms in total. The maximum Gasteiger partial charge on any atom is 0.234 e. The summed E-state index contributed by atoms with van der Waals surface area (Å²) in [7, 11) is 1.60. The van der Waals surface area contributed by atoms with Gasteiger partial charge in [-0.3, -0.25) is 9.59 Å². The Kier molecular flexibility index (Phi) is 9.30. The number of rotatable bonds is 11. The van der Waals surface area contributed by atoms with E-state index in [0.29, 0.717) is 17.5 Å². The van der Waals surface area contributed by atoms with Crippen LogP contribution in [0.2, 0.25) is 0 Å². The lowest BCUT2D eigenvalue weighted by Crippen LogP contribution is -2.30. The van der Waals surface area contributed by atoms with E-state index in [4.69, 9.17) is 4.74 Å². The molecule has 2 amide bonds. The Bertz CT molecular complexity index is 1210. The van der Waals surface area contributed by atoms with Crippen LogP contribution in [-0.4, -0.2) is 39.4 Å². The van der Waals surface area contributed by atoms with Crippen molar-refractivity contribution in [3.63, 3.8) is 0 Å². The minimum absolute atomic E-state index is 0.120. The van der Waals surface area contributed by atoms with Crippen molar-refractivity contribution >= 4 is 29.3 Å². The average Bonchev–Trinajstić information content (AvgIpc) is 3.23. The lowest BCUT2D eigenvalue weighted by molar-refractivity contribution is -0.121. The van der Waals surface area contributed by atoms with Crippen LogP contribution >= 0.6 is 11.8 Å². The van der Waals surface area contributed by atoms with Gasteiger partial charge in [-0.1, -0.05) is 47.7 Å². The van der Waals surface area contributed by atoms with Crippen molar-refractivity contribution in [1.82, 2.24) is 20.1 Å². The zero-order chi connectivity index (χ0) is 26.2. The second-order valence-corrected chi connectivity index (χ2v) is 9.61. The quantitative estimate of drug-likeness (QED) is 0.292. The molecule has 0 aliphatic carbocycles. The molecule has 2 aromatic carbocycles. The summed E-state index contributed by atoms with van der Waals surface area (Å²) >= 11 is 1.30. The zero-order valence-corrected chi connectivity index (χ0v) is 22.2. The number of nitrogens with one attached hydrogen (secondary N) is 2. The normalized spacial score (nSPS) is 11.6. The number of hydrogen-bond donors (Lipinski definition) is 2. The van der Waals surface area contributed by atoms with Gasteiger partial charge in [-0.15, -0.1) is 16.8 Å². The number of nitrogens with zero attached hydrogens (tertiary/aromatic N) is 3. The molecule has 1 heterocycles. The summed E-state index contributed by atoms with van der Waals surface area (Å²) in [6.07, 6.45) is 1.98. The molecule has 0 fully saturated rings. The maximum absolute atomic E-state index is 12.7. The van der Waals surface area contributed by atoms with Crippen molar-refractivity contribution in [2.75, 3.05) is 18.2 Å². The van der Waals surface area contributed by atoms with Gasteiger partial charge in [0.15, 0.2) is 11.0 Å². The lowest BCUT2D eigenvalue weighted by Gasteiger charge is -2.15. The second kappa shape index (κ2) is 12.4. The van der Waals surface area contributed by atoms with E-state index in [-0.39, 0.29) is 30.0 Å². The Morgan fingerprint density at radius 2 is 1.78 bits per heavy atom. The van der Waals surface area contributed by atoms with E-state index in [1.807, 2.05) is 68.7 Å². The number of carbonyl (C=O) groups is 2. The molecule has 0 aliphatic heterocycles. The maximum atomic E-state index is 12.7. The first kappa shape index (κ1) is 27.0. The number of benzene rings is 2. The van der Waals surface area contributed by atoms with Gasteiger partial charge in [-0.2, -0.15) is 0 Å². The Labute approximate surface area is 216 Å². The number of anilines is 1. The van der Waals surface area contributed by atoms with Gasteiger partial charge in [-0.05, 0) is 56.5 Å². The van der Waals surface area contributed by atoms with Crippen molar-refractivity contribution in [1.29, 1.82) is 0 Å². The van der Waals surface area contributed by atoms with Crippen molar-refractivity contribution in [3.8, 4) is 5.75 Å². The Hall–Kier alpha value is -3.59. The largest absolute Gasteiger partial charge is 0.497 e. The summed E-state index contributed by atoms with van der Waals surface area (Å²) in [4.78, 5) is 25.3. The molecular formula is C27H33N5O3S. The van der Waals surface area contributed by atoms with E-state index in [1.165, 1.54) is 11.8 Å². The van der Waals surface area contributed by atoms with Crippen molar-refractivity contribution in [3.05, 3.63) is 77.1 Å². The summed E-state index contributed by atoms with van der Waals surface area (Å²) in [6.45, 7) is 12.2. The molecule has 3 aromatic rings. The topological polar surface area (TPSA) is 98.1 Å². The van der Waals surface area contributed by atoms with Gasteiger partial charge in [0.05, 0.1) is 25.3 Å². The molecule has 0 aliphatic rings. The number of thioether (sulfide) groups is 1. The first-order valence-corrected chi connectivity index (χ1v) is 12.7. The van der Waals surface area contributed by atoms with Crippen molar-refractivity contribution < 1.29 is 14.3 Å². The molecule has 36 heavy (non-hydrogen) atoms. The smallest absolute Gasteiger partial charge is 0.234 e. The highest BCUT2D eigenvalue weighted by atomic mass is 32.2. The van der Waals surface area contributed by atoms with Crippen molar-refractivity contribution in [2.45, 2.75) is 51.9 Å². The van der Waals surface area contributed by atoms with Crippen LogP contribution in [0.1, 0.15) is 41.0 Å². The molecule has 9 heteroatoms. The SMILES string of the molecule is C=CCn1c(SCC(=O)Nc2c(C)cc(C)cc2C)nnc1[C@H](C)NC(=O)Cc1ccc(OC)cc1.